The number of rotatable bonds is 54. The van der Waals surface area contributed by atoms with E-state index >= 15 is 0 Å². The smallest absolute Gasteiger partial charge is 0.456 e. The molecule has 1 amide bonds. The van der Waals surface area contributed by atoms with E-state index in [0.717, 1.165) is 77.0 Å². The molecule has 2 N–H and O–H groups in total. The number of ether oxygens (including phenoxy) is 1. The molecular weight excluding hydrogens is 904 g/mol. The van der Waals surface area contributed by atoms with Crippen LogP contribution in [0.1, 0.15) is 278 Å². The predicted molar refractivity (Wildman–Crippen MR) is 305 cm³/mol. The Morgan fingerprint density at radius 2 is 0.859 bits per heavy atom. The lowest BCUT2D eigenvalue weighted by atomic mass is 10.0. The normalized spacial score (nSPS) is 14.1. The standard InChI is InChI=1S/C61H115N2O7P/c1-7-10-13-16-19-22-25-27-29-31-33-35-38-41-44-47-50-53-60(64)62-58(57-69-71(66,67)68-56-55-63(4,5)6)59(52-49-46-43-40-37-24-21-18-15-12-9-3)70-61(65)54-51-48-45-42-39-36-34-32-30-28-26-23-20-17-14-11-8-2/h20,23,28,30,34,36,49,52,58-59H,7-19,21-22,24-27,29,31-33,35,37-48,50-51,53-57H2,1-6H3,(H-,62,64,66,67)/p+1/b23-20-,30-28-,36-34-,52-49+. The van der Waals surface area contributed by atoms with Crippen LogP contribution in [0.5, 0.6) is 0 Å². The molecule has 0 saturated carbocycles. The van der Waals surface area contributed by atoms with Crippen LogP contribution in [0.2, 0.25) is 0 Å². The summed E-state index contributed by atoms with van der Waals surface area (Å²) >= 11 is 0. The fraction of sp³-hybridized carbons (Fsp3) is 0.836. The van der Waals surface area contributed by atoms with Gasteiger partial charge in [-0.25, -0.2) is 4.57 Å². The summed E-state index contributed by atoms with van der Waals surface area (Å²) in [5.41, 5.74) is 0. The van der Waals surface area contributed by atoms with Gasteiger partial charge in [-0.15, -0.1) is 0 Å². The summed E-state index contributed by atoms with van der Waals surface area (Å²) in [7, 11) is 1.49. The minimum Gasteiger partial charge on any atom is -0.456 e. The van der Waals surface area contributed by atoms with Gasteiger partial charge in [0, 0.05) is 12.8 Å². The molecule has 0 heterocycles. The van der Waals surface area contributed by atoms with Gasteiger partial charge in [-0.05, 0) is 70.3 Å². The van der Waals surface area contributed by atoms with Crippen molar-refractivity contribution >= 4 is 19.7 Å². The topological polar surface area (TPSA) is 111 Å². The van der Waals surface area contributed by atoms with Crippen molar-refractivity contribution in [3.8, 4) is 0 Å². The van der Waals surface area contributed by atoms with E-state index in [1.165, 1.54) is 161 Å². The Balaban J connectivity index is 5.29. The first-order chi connectivity index (χ1) is 34.4. The molecule has 9 nitrogen and oxygen atoms in total. The molecule has 3 atom stereocenters. The zero-order valence-electron chi connectivity index (χ0n) is 47.5. The van der Waals surface area contributed by atoms with E-state index < -0.39 is 20.0 Å². The largest absolute Gasteiger partial charge is 0.472 e. The molecule has 3 unspecified atom stereocenters. The van der Waals surface area contributed by atoms with Crippen LogP contribution in [0.15, 0.2) is 48.6 Å². The molecule has 0 aliphatic rings. The van der Waals surface area contributed by atoms with Crippen molar-refractivity contribution in [1.29, 1.82) is 0 Å². The Morgan fingerprint density at radius 1 is 0.493 bits per heavy atom. The highest BCUT2D eigenvalue weighted by molar-refractivity contribution is 7.47. The van der Waals surface area contributed by atoms with Crippen LogP contribution in [0, 0.1) is 0 Å². The molecule has 0 rings (SSSR count). The van der Waals surface area contributed by atoms with Crippen molar-refractivity contribution in [2.24, 2.45) is 0 Å². The van der Waals surface area contributed by atoms with Gasteiger partial charge in [-0.1, -0.05) is 243 Å². The highest BCUT2D eigenvalue weighted by Gasteiger charge is 2.30. The number of phosphoric ester groups is 1. The highest BCUT2D eigenvalue weighted by Crippen LogP contribution is 2.43. The van der Waals surface area contributed by atoms with Crippen molar-refractivity contribution in [3.63, 3.8) is 0 Å². The fourth-order valence-electron chi connectivity index (χ4n) is 8.59. The summed E-state index contributed by atoms with van der Waals surface area (Å²) in [4.78, 5) is 37.6. The molecule has 0 saturated heterocycles. The van der Waals surface area contributed by atoms with Gasteiger partial charge >= 0.3 is 13.8 Å². The number of hydrogen-bond acceptors (Lipinski definition) is 6. The molecule has 0 fully saturated rings. The van der Waals surface area contributed by atoms with Crippen molar-refractivity contribution in [2.45, 2.75) is 290 Å². The van der Waals surface area contributed by atoms with Crippen LogP contribution in [0.3, 0.4) is 0 Å². The third-order valence-corrected chi connectivity index (χ3v) is 14.3. The maximum absolute atomic E-state index is 13.5. The minimum atomic E-state index is -4.45. The molecule has 0 spiro atoms. The Labute approximate surface area is 439 Å². The molecule has 0 aromatic heterocycles. The summed E-state index contributed by atoms with van der Waals surface area (Å²) in [6.07, 6.45) is 62.4. The average Bonchev–Trinajstić information content (AvgIpc) is 3.33. The number of carbonyl (C=O) groups is 2. The first-order valence-corrected chi connectivity index (χ1v) is 31.5. The van der Waals surface area contributed by atoms with Gasteiger partial charge in [-0.2, -0.15) is 0 Å². The van der Waals surface area contributed by atoms with Crippen molar-refractivity contribution in [2.75, 3.05) is 40.9 Å². The van der Waals surface area contributed by atoms with Crippen LogP contribution in [-0.2, 0) is 27.9 Å². The molecule has 0 aliphatic heterocycles. The number of allylic oxidation sites excluding steroid dienone is 7. The molecular formula is C61H116N2O7P+. The van der Waals surface area contributed by atoms with E-state index in [-0.39, 0.29) is 31.5 Å². The maximum atomic E-state index is 13.5. The quantitative estimate of drug-likeness (QED) is 0.0205. The Bertz CT molecular complexity index is 1360. The Morgan fingerprint density at radius 3 is 1.31 bits per heavy atom. The van der Waals surface area contributed by atoms with E-state index in [9.17, 15) is 19.0 Å². The Kier molecular flexibility index (Phi) is 50.0. The fourth-order valence-corrected chi connectivity index (χ4v) is 9.33. The number of carbonyl (C=O) groups excluding carboxylic acids is 2. The molecule has 10 heteroatoms. The molecule has 0 aliphatic carbocycles. The SMILES string of the molecule is CCCCC/C=C\C/C=C\C/C=C\CCCCCCC(=O)OC(/C=C/CCCCCCCCCCC)C(COP(=O)(O)OCC[N+](C)(C)C)NC(=O)CCCCCCCCCCCCCCCCCCC. The molecule has 0 aromatic rings. The molecule has 0 aromatic carbocycles. The maximum Gasteiger partial charge on any atom is 0.472 e. The number of hydrogen-bond donors (Lipinski definition) is 2. The van der Waals surface area contributed by atoms with Gasteiger partial charge in [0.05, 0.1) is 33.8 Å². The van der Waals surface area contributed by atoms with Crippen molar-refractivity contribution < 1.29 is 37.3 Å². The van der Waals surface area contributed by atoms with Crippen molar-refractivity contribution in [1.82, 2.24) is 5.32 Å². The van der Waals surface area contributed by atoms with Crippen molar-refractivity contribution in [3.05, 3.63) is 48.6 Å². The van der Waals surface area contributed by atoms with Crippen LogP contribution in [0.4, 0.5) is 0 Å². The zero-order chi connectivity index (χ0) is 52.2. The molecule has 416 valence electrons. The number of esters is 1. The molecule has 71 heavy (non-hydrogen) atoms. The lowest BCUT2D eigenvalue weighted by Gasteiger charge is -2.27. The predicted octanol–water partition coefficient (Wildman–Crippen LogP) is 18.1. The Hall–Kier alpha value is -2.03. The van der Waals surface area contributed by atoms with Gasteiger partial charge < -0.3 is 19.4 Å². The number of quaternary nitrogens is 1. The molecule has 0 bridgehead atoms. The molecule has 0 radical (unpaired) electrons. The second-order valence-electron chi connectivity index (χ2n) is 21.5. The van der Waals surface area contributed by atoms with Gasteiger partial charge in [0.1, 0.15) is 19.3 Å². The van der Waals surface area contributed by atoms with Crippen LogP contribution in [-0.4, -0.2) is 74.3 Å². The van der Waals surface area contributed by atoms with Crippen LogP contribution < -0.4 is 5.32 Å². The van der Waals surface area contributed by atoms with E-state index in [4.69, 9.17) is 13.8 Å². The van der Waals surface area contributed by atoms with E-state index in [1.807, 2.05) is 33.3 Å². The summed E-state index contributed by atoms with van der Waals surface area (Å²) in [5, 5.41) is 3.05. The highest BCUT2D eigenvalue weighted by atomic mass is 31.2. The minimum absolute atomic E-state index is 0.0374. The summed E-state index contributed by atoms with van der Waals surface area (Å²) in [6, 6.07) is -0.854. The summed E-state index contributed by atoms with van der Waals surface area (Å²) in [6.45, 7) is 6.98. The number of nitrogens with zero attached hydrogens (tertiary/aromatic N) is 1. The monoisotopic (exact) mass is 1020 g/mol. The lowest BCUT2D eigenvalue weighted by Crippen LogP contribution is -2.47. The third-order valence-electron chi connectivity index (χ3n) is 13.3. The number of likely N-dealkylation sites (N-methyl/N-ethyl adjacent to an activating group) is 1. The second kappa shape index (κ2) is 51.5. The zero-order valence-corrected chi connectivity index (χ0v) is 48.4. The number of phosphoric acid groups is 1. The van der Waals surface area contributed by atoms with E-state index in [2.05, 4.69) is 62.5 Å². The van der Waals surface area contributed by atoms with E-state index in [1.54, 1.807) is 0 Å². The number of amides is 1. The second-order valence-corrected chi connectivity index (χ2v) is 23.0. The first kappa shape index (κ1) is 69.0. The van der Waals surface area contributed by atoms with Gasteiger partial charge in [0.2, 0.25) is 5.91 Å². The van der Waals surface area contributed by atoms with Gasteiger partial charge in [0.25, 0.3) is 0 Å². The van der Waals surface area contributed by atoms with E-state index in [0.29, 0.717) is 23.9 Å². The number of unbranched alkanes of at least 4 members (excludes halogenated alkanes) is 32. The average molecular weight is 1020 g/mol. The first-order valence-electron chi connectivity index (χ1n) is 30.0. The summed E-state index contributed by atoms with van der Waals surface area (Å²) in [5.74, 6) is -0.522. The van der Waals surface area contributed by atoms with Gasteiger partial charge in [-0.3, -0.25) is 18.6 Å². The van der Waals surface area contributed by atoms with Crippen LogP contribution >= 0.6 is 7.82 Å². The van der Waals surface area contributed by atoms with Gasteiger partial charge in [0.15, 0.2) is 0 Å². The number of nitrogens with one attached hydrogen (secondary N) is 1. The third kappa shape index (κ3) is 52.6. The summed E-state index contributed by atoms with van der Waals surface area (Å²) < 4.78 is 30.6. The lowest BCUT2D eigenvalue weighted by molar-refractivity contribution is -0.870. The van der Waals surface area contributed by atoms with Crippen LogP contribution in [0.25, 0.3) is 0 Å².